The van der Waals surface area contributed by atoms with E-state index in [0.717, 1.165) is 18.8 Å². The number of halogens is 1. The van der Waals surface area contributed by atoms with E-state index in [0.29, 0.717) is 12.2 Å². The third-order valence-electron chi connectivity index (χ3n) is 1.94. The zero-order chi connectivity index (χ0) is 10.4. The van der Waals surface area contributed by atoms with Crippen LogP contribution < -0.4 is 5.32 Å². The van der Waals surface area contributed by atoms with Crippen molar-refractivity contribution in [1.82, 2.24) is 0 Å². The summed E-state index contributed by atoms with van der Waals surface area (Å²) in [5.74, 6) is -0.166. The van der Waals surface area contributed by atoms with Crippen molar-refractivity contribution in [3.63, 3.8) is 0 Å². The zero-order valence-electron chi connectivity index (χ0n) is 8.64. The summed E-state index contributed by atoms with van der Waals surface area (Å²) in [5, 5.41) is 3.16. The van der Waals surface area contributed by atoms with E-state index >= 15 is 0 Å². The summed E-state index contributed by atoms with van der Waals surface area (Å²) < 4.78 is 18.1. The van der Waals surface area contributed by atoms with Gasteiger partial charge in [-0.2, -0.15) is 0 Å². The molecule has 2 nitrogen and oxygen atoms in total. The minimum absolute atomic E-state index is 0.166. The lowest BCUT2D eigenvalue weighted by atomic mass is 10.2. The quantitative estimate of drug-likeness (QED) is 0.732. The Labute approximate surface area is 84.1 Å². The Kier molecular flexibility index (Phi) is 4.40. The molecule has 0 bridgehead atoms. The van der Waals surface area contributed by atoms with Gasteiger partial charge in [0.2, 0.25) is 0 Å². The fourth-order valence-corrected chi connectivity index (χ4v) is 1.17. The number of hydrogen-bond acceptors (Lipinski definition) is 2. The lowest BCUT2D eigenvalue weighted by molar-refractivity contribution is 0.158. The van der Waals surface area contributed by atoms with E-state index in [1.165, 1.54) is 6.07 Å². The van der Waals surface area contributed by atoms with Crippen molar-refractivity contribution >= 4 is 5.69 Å². The topological polar surface area (TPSA) is 21.3 Å². The van der Waals surface area contributed by atoms with Gasteiger partial charge in [0.15, 0.2) is 0 Å². The van der Waals surface area contributed by atoms with Crippen molar-refractivity contribution in [1.29, 1.82) is 0 Å². The molecule has 0 aromatic heterocycles. The molecule has 0 saturated carbocycles. The molecule has 0 atom stereocenters. The van der Waals surface area contributed by atoms with E-state index in [1.807, 2.05) is 6.92 Å². The van der Waals surface area contributed by atoms with Crippen LogP contribution in [0.2, 0.25) is 0 Å². The van der Waals surface area contributed by atoms with Crippen molar-refractivity contribution in [2.24, 2.45) is 0 Å². The standard InChI is InChI=1S/C11H16FNO/c1-3-14-7-6-13-10-4-5-11(12)9(2)8-10/h4-5,8,13H,3,6-7H2,1-2H3. The van der Waals surface area contributed by atoms with Crippen molar-refractivity contribution < 1.29 is 9.13 Å². The summed E-state index contributed by atoms with van der Waals surface area (Å²) in [5.41, 5.74) is 1.59. The van der Waals surface area contributed by atoms with Crippen LogP contribution in [0.15, 0.2) is 18.2 Å². The summed E-state index contributed by atoms with van der Waals surface area (Å²) >= 11 is 0. The van der Waals surface area contributed by atoms with E-state index in [-0.39, 0.29) is 5.82 Å². The minimum Gasteiger partial charge on any atom is -0.383 e. The van der Waals surface area contributed by atoms with Gasteiger partial charge in [-0.3, -0.25) is 0 Å². The summed E-state index contributed by atoms with van der Waals surface area (Å²) in [6.45, 7) is 5.86. The second-order valence-corrected chi connectivity index (χ2v) is 3.09. The van der Waals surface area contributed by atoms with Crippen molar-refractivity contribution in [2.75, 3.05) is 25.1 Å². The van der Waals surface area contributed by atoms with Crippen LogP contribution in [0.25, 0.3) is 0 Å². The van der Waals surface area contributed by atoms with E-state index in [2.05, 4.69) is 5.32 Å². The third-order valence-corrected chi connectivity index (χ3v) is 1.94. The van der Waals surface area contributed by atoms with Crippen LogP contribution in [0, 0.1) is 12.7 Å². The van der Waals surface area contributed by atoms with Crippen LogP contribution in [0.4, 0.5) is 10.1 Å². The monoisotopic (exact) mass is 197 g/mol. The Hall–Kier alpha value is -1.09. The predicted octanol–water partition coefficient (Wildman–Crippen LogP) is 2.58. The van der Waals surface area contributed by atoms with Crippen molar-refractivity contribution in [3.05, 3.63) is 29.6 Å². The Morgan fingerprint density at radius 1 is 1.43 bits per heavy atom. The Bertz CT molecular complexity index is 289. The summed E-state index contributed by atoms with van der Waals surface area (Å²) in [7, 11) is 0. The van der Waals surface area contributed by atoms with E-state index in [9.17, 15) is 4.39 Å². The molecule has 3 heteroatoms. The largest absolute Gasteiger partial charge is 0.383 e. The van der Waals surface area contributed by atoms with Gasteiger partial charge in [0, 0.05) is 18.8 Å². The molecule has 0 amide bonds. The maximum absolute atomic E-state index is 12.9. The van der Waals surface area contributed by atoms with Gasteiger partial charge in [-0.15, -0.1) is 0 Å². The second kappa shape index (κ2) is 5.60. The first kappa shape index (κ1) is 11.0. The highest BCUT2D eigenvalue weighted by atomic mass is 19.1. The minimum atomic E-state index is -0.166. The van der Waals surface area contributed by atoms with Gasteiger partial charge in [0.1, 0.15) is 5.82 Å². The molecule has 1 N–H and O–H groups in total. The molecule has 0 aliphatic heterocycles. The number of ether oxygens (including phenoxy) is 1. The van der Waals surface area contributed by atoms with Gasteiger partial charge >= 0.3 is 0 Å². The van der Waals surface area contributed by atoms with Crippen molar-refractivity contribution in [2.45, 2.75) is 13.8 Å². The van der Waals surface area contributed by atoms with E-state index in [1.54, 1.807) is 19.1 Å². The molecule has 0 radical (unpaired) electrons. The average molecular weight is 197 g/mol. The Balaban J connectivity index is 2.39. The maximum atomic E-state index is 12.9. The van der Waals surface area contributed by atoms with E-state index < -0.39 is 0 Å². The molecule has 0 unspecified atom stereocenters. The number of hydrogen-bond donors (Lipinski definition) is 1. The third kappa shape index (κ3) is 3.34. The number of aryl methyl sites for hydroxylation is 1. The molecule has 14 heavy (non-hydrogen) atoms. The molecule has 0 fully saturated rings. The normalized spacial score (nSPS) is 10.2. The summed E-state index contributed by atoms with van der Waals surface area (Å²) in [6, 6.07) is 4.99. The SMILES string of the molecule is CCOCCNc1ccc(F)c(C)c1. The molecular formula is C11H16FNO. The van der Waals surface area contributed by atoms with Gasteiger partial charge in [-0.05, 0) is 37.6 Å². The molecule has 0 aliphatic carbocycles. The molecule has 0 heterocycles. The number of benzene rings is 1. The molecule has 0 spiro atoms. The first-order chi connectivity index (χ1) is 6.74. The highest BCUT2D eigenvalue weighted by Crippen LogP contribution is 2.12. The molecule has 1 rings (SSSR count). The van der Waals surface area contributed by atoms with E-state index in [4.69, 9.17) is 4.74 Å². The van der Waals surface area contributed by atoms with Gasteiger partial charge in [0.05, 0.1) is 6.61 Å². The first-order valence-electron chi connectivity index (χ1n) is 4.82. The van der Waals surface area contributed by atoms with Gasteiger partial charge in [-0.25, -0.2) is 4.39 Å². The smallest absolute Gasteiger partial charge is 0.126 e. The lowest BCUT2D eigenvalue weighted by Gasteiger charge is -2.07. The van der Waals surface area contributed by atoms with Crippen LogP contribution in [0.5, 0.6) is 0 Å². The van der Waals surface area contributed by atoms with Crippen LogP contribution in [-0.4, -0.2) is 19.8 Å². The highest BCUT2D eigenvalue weighted by molar-refractivity contribution is 5.45. The fraction of sp³-hybridized carbons (Fsp3) is 0.455. The van der Waals surface area contributed by atoms with Gasteiger partial charge in [0.25, 0.3) is 0 Å². The highest BCUT2D eigenvalue weighted by Gasteiger charge is 1.97. The molecule has 1 aromatic carbocycles. The summed E-state index contributed by atoms with van der Waals surface area (Å²) in [6.07, 6.45) is 0. The summed E-state index contributed by atoms with van der Waals surface area (Å²) in [4.78, 5) is 0. The number of nitrogens with one attached hydrogen (secondary N) is 1. The van der Waals surface area contributed by atoms with Crippen LogP contribution in [-0.2, 0) is 4.74 Å². The Morgan fingerprint density at radius 3 is 2.86 bits per heavy atom. The van der Waals surface area contributed by atoms with Crippen molar-refractivity contribution in [3.8, 4) is 0 Å². The Morgan fingerprint density at radius 2 is 2.21 bits per heavy atom. The number of anilines is 1. The van der Waals surface area contributed by atoms with Crippen LogP contribution in [0.1, 0.15) is 12.5 Å². The second-order valence-electron chi connectivity index (χ2n) is 3.09. The predicted molar refractivity (Wildman–Crippen MR) is 56.1 cm³/mol. The molecule has 1 aromatic rings. The van der Waals surface area contributed by atoms with Gasteiger partial charge < -0.3 is 10.1 Å². The molecule has 0 aliphatic rings. The number of rotatable bonds is 5. The first-order valence-corrected chi connectivity index (χ1v) is 4.82. The fourth-order valence-electron chi connectivity index (χ4n) is 1.17. The van der Waals surface area contributed by atoms with Crippen LogP contribution in [0.3, 0.4) is 0 Å². The zero-order valence-corrected chi connectivity index (χ0v) is 8.64. The molecular weight excluding hydrogens is 181 g/mol. The van der Waals surface area contributed by atoms with Crippen LogP contribution >= 0.6 is 0 Å². The molecule has 0 saturated heterocycles. The molecule has 78 valence electrons. The average Bonchev–Trinajstić information content (AvgIpc) is 2.18. The maximum Gasteiger partial charge on any atom is 0.126 e. The van der Waals surface area contributed by atoms with Gasteiger partial charge in [-0.1, -0.05) is 0 Å². The lowest BCUT2D eigenvalue weighted by Crippen LogP contribution is -2.09.